The largest absolute Gasteiger partial charge is 0.301 e. The van der Waals surface area contributed by atoms with Gasteiger partial charge in [0.25, 0.3) is 0 Å². The van der Waals surface area contributed by atoms with Crippen LogP contribution < -0.4 is 0 Å². The molecule has 0 aliphatic heterocycles. The van der Waals surface area contributed by atoms with Crippen LogP contribution >= 0.6 is 0 Å². The normalized spacial score (nSPS) is 27.8. The van der Waals surface area contributed by atoms with Crippen LogP contribution in [0, 0.1) is 34.5 Å². The summed E-state index contributed by atoms with van der Waals surface area (Å²) in [5, 5.41) is 18.0. The highest BCUT2D eigenvalue weighted by Gasteiger charge is 2.27. The van der Waals surface area contributed by atoms with E-state index in [4.69, 9.17) is 5.26 Å². The van der Waals surface area contributed by atoms with Crippen molar-refractivity contribution in [1.82, 2.24) is 4.90 Å². The lowest BCUT2D eigenvalue weighted by Crippen LogP contribution is -2.39. The van der Waals surface area contributed by atoms with E-state index in [-0.39, 0.29) is 11.8 Å². The van der Waals surface area contributed by atoms with Gasteiger partial charge in [-0.2, -0.15) is 10.5 Å². The molecule has 88 valence electrons. The molecule has 0 bridgehead atoms. The highest BCUT2D eigenvalue weighted by molar-refractivity contribution is 4.95. The van der Waals surface area contributed by atoms with Crippen molar-refractivity contribution in [2.24, 2.45) is 11.8 Å². The van der Waals surface area contributed by atoms with Crippen molar-refractivity contribution in [3.05, 3.63) is 0 Å². The third-order valence-corrected chi connectivity index (χ3v) is 3.49. The summed E-state index contributed by atoms with van der Waals surface area (Å²) < 4.78 is 0. The van der Waals surface area contributed by atoms with E-state index >= 15 is 0 Å². The zero-order chi connectivity index (χ0) is 12.0. The van der Waals surface area contributed by atoms with Gasteiger partial charge in [-0.25, -0.2) is 0 Å². The summed E-state index contributed by atoms with van der Waals surface area (Å²) in [7, 11) is 2.05. The number of hydrogen-bond acceptors (Lipinski definition) is 3. The fourth-order valence-corrected chi connectivity index (χ4v) is 2.57. The van der Waals surface area contributed by atoms with Crippen molar-refractivity contribution in [3.63, 3.8) is 0 Å². The van der Waals surface area contributed by atoms with Crippen molar-refractivity contribution in [2.75, 3.05) is 13.6 Å². The lowest BCUT2D eigenvalue weighted by Gasteiger charge is -2.30. The summed E-state index contributed by atoms with van der Waals surface area (Å²) in [5.41, 5.74) is 0. The van der Waals surface area contributed by atoms with E-state index in [9.17, 15) is 5.26 Å². The van der Waals surface area contributed by atoms with Crippen LogP contribution in [-0.4, -0.2) is 24.5 Å². The molecule has 0 aromatic carbocycles. The molecule has 1 saturated carbocycles. The molecule has 16 heavy (non-hydrogen) atoms. The topological polar surface area (TPSA) is 50.8 Å². The smallest absolute Gasteiger partial charge is 0.0672 e. The molecule has 0 aromatic heterocycles. The van der Waals surface area contributed by atoms with Crippen LogP contribution in [0.3, 0.4) is 0 Å². The molecular weight excluding hydrogens is 198 g/mol. The molecule has 0 radical (unpaired) electrons. The van der Waals surface area contributed by atoms with Gasteiger partial charge in [-0.05, 0) is 26.8 Å². The number of nitrogens with zero attached hydrogens (tertiary/aromatic N) is 3. The van der Waals surface area contributed by atoms with Gasteiger partial charge in [0, 0.05) is 12.6 Å². The fraction of sp³-hybridized carbons (Fsp3) is 0.846. The molecule has 0 amide bonds. The SMILES string of the molecule is CC(C#N)CN(C)C1CCCCCC1C#N. The number of hydrogen-bond donors (Lipinski definition) is 0. The van der Waals surface area contributed by atoms with E-state index in [0.29, 0.717) is 6.04 Å². The molecule has 0 N–H and O–H groups in total. The van der Waals surface area contributed by atoms with Crippen LogP contribution in [0.5, 0.6) is 0 Å². The molecule has 1 aliphatic carbocycles. The third kappa shape index (κ3) is 3.51. The maximum atomic E-state index is 9.18. The average molecular weight is 219 g/mol. The summed E-state index contributed by atoms with van der Waals surface area (Å²) in [4.78, 5) is 2.22. The maximum absolute atomic E-state index is 9.18. The van der Waals surface area contributed by atoms with E-state index in [1.165, 1.54) is 19.3 Å². The summed E-state index contributed by atoms with van der Waals surface area (Å²) in [6.45, 7) is 2.72. The molecule has 0 heterocycles. The van der Waals surface area contributed by atoms with Crippen LogP contribution in [0.25, 0.3) is 0 Å². The van der Waals surface area contributed by atoms with Crippen LogP contribution in [0.15, 0.2) is 0 Å². The van der Waals surface area contributed by atoms with Crippen LogP contribution in [0.2, 0.25) is 0 Å². The Kier molecular flexibility index (Phi) is 5.29. The molecule has 0 saturated heterocycles. The Hall–Kier alpha value is -1.06. The van der Waals surface area contributed by atoms with E-state index in [2.05, 4.69) is 17.0 Å². The van der Waals surface area contributed by atoms with Gasteiger partial charge in [0.05, 0.1) is 24.0 Å². The molecule has 1 fully saturated rings. The summed E-state index contributed by atoms with van der Waals surface area (Å²) in [6, 6.07) is 5.05. The Labute approximate surface area is 98.7 Å². The number of nitriles is 2. The second-order valence-electron chi connectivity index (χ2n) is 4.91. The van der Waals surface area contributed by atoms with Crippen LogP contribution in [0.4, 0.5) is 0 Å². The quantitative estimate of drug-likeness (QED) is 0.685. The monoisotopic (exact) mass is 219 g/mol. The van der Waals surface area contributed by atoms with Gasteiger partial charge in [-0.1, -0.05) is 19.3 Å². The third-order valence-electron chi connectivity index (χ3n) is 3.49. The summed E-state index contributed by atoms with van der Waals surface area (Å²) in [5.74, 6) is 0.200. The van der Waals surface area contributed by atoms with Gasteiger partial charge in [-0.15, -0.1) is 0 Å². The van der Waals surface area contributed by atoms with Crippen LogP contribution in [0.1, 0.15) is 39.0 Å². The minimum Gasteiger partial charge on any atom is -0.301 e. The molecule has 0 spiro atoms. The van der Waals surface area contributed by atoms with E-state index < -0.39 is 0 Å². The molecule has 0 aromatic rings. The lowest BCUT2D eigenvalue weighted by atomic mass is 9.94. The molecular formula is C13H21N3. The first-order valence-corrected chi connectivity index (χ1v) is 6.18. The first kappa shape index (κ1) is 13.0. The second kappa shape index (κ2) is 6.51. The lowest BCUT2D eigenvalue weighted by molar-refractivity contribution is 0.179. The fourth-order valence-electron chi connectivity index (χ4n) is 2.57. The van der Waals surface area contributed by atoms with Crippen molar-refractivity contribution in [3.8, 4) is 12.1 Å². The van der Waals surface area contributed by atoms with E-state index in [1.54, 1.807) is 0 Å². The number of rotatable bonds is 3. The van der Waals surface area contributed by atoms with Gasteiger partial charge in [0.1, 0.15) is 0 Å². The zero-order valence-electron chi connectivity index (χ0n) is 10.3. The van der Waals surface area contributed by atoms with Crippen molar-refractivity contribution in [2.45, 2.75) is 45.1 Å². The Bertz CT molecular complexity index is 287. The van der Waals surface area contributed by atoms with Gasteiger partial charge >= 0.3 is 0 Å². The van der Waals surface area contributed by atoms with Gasteiger partial charge < -0.3 is 4.90 Å². The molecule has 1 rings (SSSR count). The average Bonchev–Trinajstić information content (AvgIpc) is 2.53. The predicted molar refractivity (Wildman–Crippen MR) is 63.4 cm³/mol. The summed E-state index contributed by atoms with van der Waals surface area (Å²) >= 11 is 0. The Balaban J connectivity index is 2.60. The van der Waals surface area contributed by atoms with Gasteiger partial charge in [0.2, 0.25) is 0 Å². The predicted octanol–water partition coefficient (Wildman–Crippen LogP) is 2.55. The Morgan fingerprint density at radius 2 is 1.94 bits per heavy atom. The highest BCUT2D eigenvalue weighted by atomic mass is 15.1. The van der Waals surface area contributed by atoms with Gasteiger partial charge in [0.15, 0.2) is 0 Å². The van der Waals surface area contributed by atoms with Crippen molar-refractivity contribution in [1.29, 1.82) is 10.5 Å². The minimum atomic E-state index is 0.0487. The first-order valence-electron chi connectivity index (χ1n) is 6.18. The first-order chi connectivity index (χ1) is 7.69. The van der Waals surface area contributed by atoms with Crippen molar-refractivity contribution < 1.29 is 0 Å². The van der Waals surface area contributed by atoms with E-state index in [1.807, 2.05) is 14.0 Å². The second-order valence-corrected chi connectivity index (χ2v) is 4.91. The molecule has 1 aliphatic rings. The zero-order valence-corrected chi connectivity index (χ0v) is 10.3. The molecule has 3 nitrogen and oxygen atoms in total. The van der Waals surface area contributed by atoms with Crippen molar-refractivity contribution >= 4 is 0 Å². The molecule has 3 heteroatoms. The standard InChI is InChI=1S/C13H21N3/c1-11(8-14)10-16(2)13-7-5-3-4-6-12(13)9-15/h11-13H,3-7,10H2,1-2H3. The maximum Gasteiger partial charge on any atom is 0.0672 e. The van der Waals surface area contributed by atoms with Gasteiger partial charge in [-0.3, -0.25) is 0 Å². The molecule has 3 unspecified atom stereocenters. The highest BCUT2D eigenvalue weighted by Crippen LogP contribution is 2.26. The minimum absolute atomic E-state index is 0.0487. The van der Waals surface area contributed by atoms with Crippen LogP contribution in [-0.2, 0) is 0 Å². The Morgan fingerprint density at radius 1 is 1.25 bits per heavy atom. The molecule has 3 atom stereocenters. The summed E-state index contributed by atoms with van der Waals surface area (Å²) in [6.07, 6.45) is 5.76. The Morgan fingerprint density at radius 3 is 2.56 bits per heavy atom. The van der Waals surface area contributed by atoms with E-state index in [0.717, 1.165) is 19.4 Å².